The molecule has 6 rings (SSSR count). The Hall–Kier alpha value is -3.41. The largest absolute Gasteiger partial charge is 0.457 e. The minimum absolute atomic E-state index is 0.0804. The minimum Gasteiger partial charge on any atom is -0.457 e. The molecule has 0 bridgehead atoms. The van der Waals surface area contributed by atoms with E-state index in [-0.39, 0.29) is 24.8 Å². The first-order valence-electron chi connectivity index (χ1n) is 11.6. The summed E-state index contributed by atoms with van der Waals surface area (Å²) in [5, 5.41) is 0. The Labute approximate surface area is 191 Å². The fraction of sp³-hybridized carbons (Fsp3) is 0.333. The Bertz CT molecular complexity index is 1240. The van der Waals surface area contributed by atoms with Gasteiger partial charge < -0.3 is 14.0 Å². The monoisotopic (exact) mass is 444 g/mol. The van der Waals surface area contributed by atoms with Crippen molar-refractivity contribution in [1.82, 2.24) is 9.55 Å². The molecule has 1 atom stereocenters. The number of rotatable bonds is 5. The van der Waals surface area contributed by atoms with Gasteiger partial charge >= 0.3 is 0 Å². The third-order valence-corrected chi connectivity index (χ3v) is 7.37. The summed E-state index contributed by atoms with van der Waals surface area (Å²) in [5.41, 5.74) is 2.40. The average molecular weight is 445 g/mol. The lowest BCUT2D eigenvalue weighted by molar-refractivity contribution is -0.131. The molecule has 1 saturated carbocycles. The molecule has 1 aromatic heterocycles. The maximum Gasteiger partial charge on any atom is 0.230 e. The molecule has 0 amide bonds. The molecule has 2 aliphatic heterocycles. The van der Waals surface area contributed by atoms with Gasteiger partial charge in [0.05, 0.1) is 29.7 Å². The van der Waals surface area contributed by atoms with E-state index in [1.807, 2.05) is 41.0 Å². The summed E-state index contributed by atoms with van der Waals surface area (Å²) in [6.45, 7) is 0.112. The number of carbonyl (C=O) groups excluding carboxylic acids is 1. The quantitative estimate of drug-likeness (QED) is 0.494. The first kappa shape index (κ1) is 20.2. The second-order valence-corrected chi connectivity index (χ2v) is 9.10. The van der Waals surface area contributed by atoms with Crippen molar-refractivity contribution in [2.45, 2.75) is 44.6 Å². The van der Waals surface area contributed by atoms with E-state index < -0.39 is 11.5 Å². The van der Waals surface area contributed by atoms with Gasteiger partial charge in [0.2, 0.25) is 6.79 Å². The molecule has 2 aromatic carbocycles. The van der Waals surface area contributed by atoms with Gasteiger partial charge in [0.25, 0.3) is 0 Å². The van der Waals surface area contributed by atoms with E-state index in [0.717, 1.165) is 36.1 Å². The molecular weight excluding hydrogens is 419 g/mol. The molecule has 1 unspecified atom stereocenters. The van der Waals surface area contributed by atoms with Crippen LogP contribution in [0.4, 0.5) is 4.39 Å². The van der Waals surface area contributed by atoms with Gasteiger partial charge in [-0.15, -0.1) is 0 Å². The number of fused-ring (bicyclic) bond motifs is 3. The van der Waals surface area contributed by atoms with Crippen LogP contribution in [0.15, 0.2) is 66.8 Å². The molecule has 3 aromatic rings. The molecule has 6 heteroatoms. The van der Waals surface area contributed by atoms with Gasteiger partial charge in [0.15, 0.2) is 11.5 Å². The SMILES string of the molecule is O=C(CC1c2c(F)cccc2-c2cncn21)C1(C2=C(c3ccccc3)OCO2)CCCCC1. The summed E-state index contributed by atoms with van der Waals surface area (Å²) >= 11 is 0. The highest BCUT2D eigenvalue weighted by atomic mass is 19.1. The van der Waals surface area contributed by atoms with E-state index >= 15 is 0 Å². The molecule has 3 heterocycles. The highest BCUT2D eigenvalue weighted by Crippen LogP contribution is 2.51. The fourth-order valence-corrected chi connectivity index (χ4v) is 5.80. The third kappa shape index (κ3) is 3.11. The van der Waals surface area contributed by atoms with E-state index in [0.29, 0.717) is 29.9 Å². The van der Waals surface area contributed by atoms with Crippen LogP contribution in [0.25, 0.3) is 17.0 Å². The van der Waals surface area contributed by atoms with Crippen LogP contribution in [-0.4, -0.2) is 22.1 Å². The molecular formula is C27H25FN2O3. The Kier molecular flexibility index (Phi) is 4.82. The number of aromatic nitrogens is 2. The van der Waals surface area contributed by atoms with E-state index in [2.05, 4.69) is 4.98 Å². The number of benzene rings is 2. The van der Waals surface area contributed by atoms with Crippen molar-refractivity contribution in [3.05, 3.63) is 83.8 Å². The van der Waals surface area contributed by atoms with Crippen molar-refractivity contribution in [1.29, 1.82) is 0 Å². The smallest absolute Gasteiger partial charge is 0.230 e. The minimum atomic E-state index is -0.755. The summed E-state index contributed by atoms with van der Waals surface area (Å²) in [6, 6.07) is 14.5. The van der Waals surface area contributed by atoms with Crippen molar-refractivity contribution < 1.29 is 18.7 Å². The van der Waals surface area contributed by atoms with Crippen LogP contribution in [0.2, 0.25) is 0 Å². The topological polar surface area (TPSA) is 53.4 Å². The van der Waals surface area contributed by atoms with Gasteiger partial charge in [-0.2, -0.15) is 0 Å². The predicted molar refractivity (Wildman–Crippen MR) is 121 cm³/mol. The average Bonchev–Trinajstić information content (AvgIpc) is 3.58. The summed E-state index contributed by atoms with van der Waals surface area (Å²) in [4.78, 5) is 18.4. The maximum absolute atomic E-state index is 15.0. The summed E-state index contributed by atoms with van der Waals surface area (Å²) < 4.78 is 28.8. The van der Waals surface area contributed by atoms with Crippen molar-refractivity contribution in [3.63, 3.8) is 0 Å². The van der Waals surface area contributed by atoms with Gasteiger partial charge in [-0.1, -0.05) is 61.7 Å². The molecule has 3 aliphatic rings. The summed E-state index contributed by atoms with van der Waals surface area (Å²) in [7, 11) is 0. The van der Waals surface area contributed by atoms with Gasteiger partial charge in [-0.3, -0.25) is 4.79 Å². The summed E-state index contributed by atoms with van der Waals surface area (Å²) in [6.07, 6.45) is 8.05. The molecule has 0 N–H and O–H groups in total. The number of hydrogen-bond donors (Lipinski definition) is 0. The van der Waals surface area contributed by atoms with Crippen LogP contribution in [0.5, 0.6) is 0 Å². The second-order valence-electron chi connectivity index (χ2n) is 9.10. The van der Waals surface area contributed by atoms with E-state index in [9.17, 15) is 9.18 Å². The van der Waals surface area contributed by atoms with Crippen molar-refractivity contribution >= 4 is 11.5 Å². The van der Waals surface area contributed by atoms with Crippen LogP contribution in [0.1, 0.15) is 55.7 Å². The molecule has 0 saturated heterocycles. The first-order chi connectivity index (χ1) is 16.2. The van der Waals surface area contributed by atoms with Crippen molar-refractivity contribution in [2.75, 3.05) is 6.79 Å². The van der Waals surface area contributed by atoms with Crippen molar-refractivity contribution in [3.8, 4) is 11.3 Å². The van der Waals surface area contributed by atoms with E-state index in [1.54, 1.807) is 18.6 Å². The molecule has 5 nitrogen and oxygen atoms in total. The highest BCUT2D eigenvalue weighted by Gasteiger charge is 2.49. The van der Waals surface area contributed by atoms with Crippen LogP contribution in [0, 0.1) is 11.2 Å². The zero-order valence-corrected chi connectivity index (χ0v) is 18.3. The molecule has 0 radical (unpaired) electrons. The maximum atomic E-state index is 15.0. The van der Waals surface area contributed by atoms with Gasteiger partial charge in [-0.25, -0.2) is 9.37 Å². The molecule has 1 aliphatic carbocycles. The van der Waals surface area contributed by atoms with Crippen LogP contribution >= 0.6 is 0 Å². The Balaban J connectivity index is 1.42. The molecule has 0 spiro atoms. The number of ether oxygens (including phenoxy) is 2. The Morgan fingerprint density at radius 1 is 1.06 bits per heavy atom. The number of ketones is 1. The first-order valence-corrected chi connectivity index (χ1v) is 11.6. The lowest BCUT2D eigenvalue weighted by Gasteiger charge is -2.36. The van der Waals surface area contributed by atoms with Crippen molar-refractivity contribution in [2.24, 2.45) is 5.41 Å². The van der Waals surface area contributed by atoms with Gasteiger partial charge in [-0.05, 0) is 18.9 Å². The number of halogens is 1. The normalized spacial score (nSPS) is 20.7. The van der Waals surface area contributed by atoms with Crippen LogP contribution in [0.3, 0.4) is 0 Å². The fourth-order valence-electron chi connectivity index (χ4n) is 5.80. The molecule has 33 heavy (non-hydrogen) atoms. The lowest BCUT2D eigenvalue weighted by Crippen LogP contribution is -2.37. The number of allylic oxidation sites excluding steroid dienone is 1. The van der Waals surface area contributed by atoms with Gasteiger partial charge in [0, 0.05) is 23.1 Å². The standard InChI is InChI=1S/C27H25FN2O3/c28-20-11-7-10-19-22-15-29-16-30(22)21(24(19)20)14-23(31)27(12-5-2-6-13-27)26-25(32-17-33-26)18-8-3-1-4-9-18/h1,3-4,7-11,15-16,21H,2,5-6,12-14,17H2. The zero-order valence-electron chi connectivity index (χ0n) is 18.3. The highest BCUT2D eigenvalue weighted by molar-refractivity contribution is 5.91. The zero-order chi connectivity index (χ0) is 22.4. The third-order valence-electron chi connectivity index (χ3n) is 7.37. The van der Waals surface area contributed by atoms with Gasteiger partial charge in [0.1, 0.15) is 11.6 Å². The Morgan fingerprint density at radius 2 is 1.88 bits per heavy atom. The number of hydrogen-bond acceptors (Lipinski definition) is 4. The predicted octanol–water partition coefficient (Wildman–Crippen LogP) is 5.87. The second kappa shape index (κ2) is 7.87. The van der Waals surface area contributed by atoms with Crippen LogP contribution in [-0.2, 0) is 14.3 Å². The lowest BCUT2D eigenvalue weighted by atomic mass is 9.67. The van der Waals surface area contributed by atoms with E-state index in [1.165, 1.54) is 6.07 Å². The van der Waals surface area contributed by atoms with E-state index in [4.69, 9.17) is 9.47 Å². The Morgan fingerprint density at radius 3 is 2.70 bits per heavy atom. The number of Topliss-reactive ketones (excluding diaryl/α,β-unsaturated/α-hetero) is 1. The summed E-state index contributed by atoms with van der Waals surface area (Å²) in [5.74, 6) is 1.11. The number of carbonyl (C=O) groups is 1. The molecule has 168 valence electrons. The number of imidazole rings is 1. The number of nitrogens with zero attached hydrogens (tertiary/aromatic N) is 2. The molecule has 1 fully saturated rings. The van der Waals surface area contributed by atoms with Crippen LogP contribution < -0.4 is 0 Å².